The third-order valence-corrected chi connectivity index (χ3v) is 1.65. The van der Waals surface area contributed by atoms with Crippen molar-refractivity contribution in [3.05, 3.63) is 0 Å². The molecule has 0 aliphatic carbocycles. The highest BCUT2D eigenvalue weighted by atomic mass is 32.2. The molecule has 0 atom stereocenters. The number of aliphatic imine (C=N–C) groups is 1. The topological polar surface area (TPSA) is 128 Å². The van der Waals surface area contributed by atoms with E-state index in [0.29, 0.717) is 18.8 Å². The van der Waals surface area contributed by atoms with Crippen LogP contribution in [0, 0.1) is 0 Å². The Hall–Kier alpha value is -0.900. The Balaban J connectivity index is 0.000000385. The van der Waals surface area contributed by atoms with Gasteiger partial charge in [0.25, 0.3) is 10.1 Å². The number of hydrazine groups is 1. The van der Waals surface area contributed by atoms with Crippen molar-refractivity contribution < 1.29 is 18.1 Å². The summed E-state index contributed by atoms with van der Waals surface area (Å²) in [6, 6.07) is 0. The van der Waals surface area contributed by atoms with Crippen molar-refractivity contribution in [3.8, 4) is 0 Å². The van der Waals surface area contributed by atoms with Crippen molar-refractivity contribution in [2.75, 3.05) is 32.5 Å². The third-order valence-electron chi connectivity index (χ3n) is 1.65. The van der Waals surface area contributed by atoms with Crippen LogP contribution in [0.2, 0.25) is 0 Å². The molecule has 8 nitrogen and oxygen atoms in total. The zero-order chi connectivity index (χ0) is 12.6. The van der Waals surface area contributed by atoms with E-state index < -0.39 is 10.1 Å². The van der Waals surface area contributed by atoms with E-state index in [9.17, 15) is 8.42 Å². The fourth-order valence-electron chi connectivity index (χ4n) is 1.13. The zero-order valence-corrected chi connectivity index (χ0v) is 9.94. The van der Waals surface area contributed by atoms with E-state index in [-0.39, 0.29) is 6.61 Å². The van der Waals surface area contributed by atoms with Gasteiger partial charge in [-0.2, -0.15) is 8.42 Å². The van der Waals surface area contributed by atoms with Gasteiger partial charge < -0.3 is 10.0 Å². The number of nitrogens with one attached hydrogen (secondary N) is 1. The number of nitrogens with zero attached hydrogens (tertiary/aromatic N) is 2. The molecule has 0 bridgehead atoms. The van der Waals surface area contributed by atoms with Crippen molar-refractivity contribution in [2.24, 2.45) is 10.8 Å². The molecule has 16 heavy (non-hydrogen) atoms. The molecule has 0 radical (unpaired) electrons. The molecule has 0 unspecified atom stereocenters. The zero-order valence-electron chi connectivity index (χ0n) is 9.13. The van der Waals surface area contributed by atoms with Gasteiger partial charge in [-0.25, -0.2) is 5.84 Å². The van der Waals surface area contributed by atoms with Crippen molar-refractivity contribution >= 4 is 16.1 Å². The molecule has 1 heterocycles. The van der Waals surface area contributed by atoms with Gasteiger partial charge in [0.2, 0.25) is 5.96 Å². The highest BCUT2D eigenvalue weighted by Crippen LogP contribution is 1.99. The van der Waals surface area contributed by atoms with E-state index in [0.717, 1.165) is 19.5 Å². The Bertz CT molecular complexity index is 308. The molecule has 5 N–H and O–H groups in total. The Morgan fingerprint density at radius 3 is 2.62 bits per heavy atom. The van der Waals surface area contributed by atoms with Gasteiger partial charge in [-0.05, 0) is 6.42 Å². The first kappa shape index (κ1) is 15.1. The van der Waals surface area contributed by atoms with Gasteiger partial charge >= 0.3 is 0 Å². The van der Waals surface area contributed by atoms with Crippen LogP contribution in [-0.4, -0.2) is 61.4 Å². The Morgan fingerprint density at radius 2 is 2.19 bits per heavy atom. The van der Waals surface area contributed by atoms with Crippen molar-refractivity contribution in [2.45, 2.75) is 6.42 Å². The Labute approximate surface area is 94.9 Å². The number of guanidine groups is 1. The Kier molecular flexibility index (Phi) is 6.97. The van der Waals surface area contributed by atoms with Crippen LogP contribution >= 0.6 is 0 Å². The molecule has 0 aromatic rings. The minimum atomic E-state index is -3.67. The van der Waals surface area contributed by atoms with E-state index in [1.54, 1.807) is 0 Å². The first-order chi connectivity index (χ1) is 7.38. The SMILES string of the molecule is CS(=O)(=O)O.NNC1=NCCCN1CCO. The lowest BCUT2D eigenvalue weighted by atomic mass is 10.3. The molecular weight excluding hydrogens is 236 g/mol. The van der Waals surface area contributed by atoms with Crippen molar-refractivity contribution in [3.63, 3.8) is 0 Å². The number of rotatable bonds is 2. The molecule has 0 spiro atoms. The summed E-state index contributed by atoms with van der Waals surface area (Å²) in [5, 5.41) is 8.67. The first-order valence-corrected chi connectivity index (χ1v) is 6.52. The van der Waals surface area contributed by atoms with Gasteiger partial charge in [0.05, 0.1) is 12.9 Å². The molecule has 0 saturated carbocycles. The van der Waals surface area contributed by atoms with Crippen LogP contribution < -0.4 is 11.3 Å². The van der Waals surface area contributed by atoms with Gasteiger partial charge in [0.1, 0.15) is 0 Å². The third kappa shape index (κ3) is 8.41. The normalized spacial score (nSPS) is 16.0. The predicted octanol–water partition coefficient (Wildman–Crippen LogP) is -1.99. The molecule has 9 heteroatoms. The maximum absolute atomic E-state index is 9.19. The lowest BCUT2D eigenvalue weighted by Crippen LogP contribution is -2.48. The monoisotopic (exact) mass is 254 g/mol. The quantitative estimate of drug-likeness (QED) is 0.255. The summed E-state index contributed by atoms with van der Waals surface area (Å²) in [5.41, 5.74) is 2.50. The van der Waals surface area contributed by atoms with Gasteiger partial charge in [0, 0.05) is 19.6 Å². The molecule has 96 valence electrons. The van der Waals surface area contributed by atoms with E-state index in [1.807, 2.05) is 4.90 Å². The lowest BCUT2D eigenvalue weighted by Gasteiger charge is -2.27. The van der Waals surface area contributed by atoms with Crippen LogP contribution in [0.5, 0.6) is 0 Å². The van der Waals surface area contributed by atoms with Crippen LogP contribution in [0.4, 0.5) is 0 Å². The van der Waals surface area contributed by atoms with E-state index >= 15 is 0 Å². The van der Waals surface area contributed by atoms with E-state index in [2.05, 4.69) is 10.4 Å². The molecule has 0 saturated heterocycles. The summed E-state index contributed by atoms with van der Waals surface area (Å²) in [4.78, 5) is 6.08. The van der Waals surface area contributed by atoms with Crippen LogP contribution in [0.1, 0.15) is 6.42 Å². The molecule has 0 fully saturated rings. The lowest BCUT2D eigenvalue weighted by molar-refractivity contribution is 0.241. The number of hydrogen-bond acceptors (Lipinski definition) is 7. The highest BCUT2D eigenvalue weighted by molar-refractivity contribution is 7.85. The second-order valence-corrected chi connectivity index (χ2v) is 4.61. The number of hydrogen-bond donors (Lipinski definition) is 4. The number of nitrogens with two attached hydrogens (primary N) is 1. The van der Waals surface area contributed by atoms with Crippen LogP contribution in [-0.2, 0) is 10.1 Å². The van der Waals surface area contributed by atoms with Gasteiger partial charge in [-0.1, -0.05) is 0 Å². The van der Waals surface area contributed by atoms with Crippen LogP contribution in [0.15, 0.2) is 4.99 Å². The average Bonchev–Trinajstić information content (AvgIpc) is 2.16. The standard InChI is InChI=1S/C6H14N4O.CH4O3S/c7-9-6-8-2-1-3-10(6)4-5-11;1-5(2,3)4/h11H,1-5,7H2,(H,8,9);1H3,(H,2,3,4). The summed E-state index contributed by atoms with van der Waals surface area (Å²) in [5.74, 6) is 5.91. The highest BCUT2D eigenvalue weighted by Gasteiger charge is 2.12. The fourth-order valence-corrected chi connectivity index (χ4v) is 1.13. The predicted molar refractivity (Wildman–Crippen MR) is 60.4 cm³/mol. The first-order valence-electron chi connectivity index (χ1n) is 4.67. The second kappa shape index (κ2) is 7.39. The summed E-state index contributed by atoms with van der Waals surface area (Å²) >= 11 is 0. The minimum Gasteiger partial charge on any atom is -0.395 e. The van der Waals surface area contributed by atoms with Crippen LogP contribution in [0.25, 0.3) is 0 Å². The summed E-state index contributed by atoms with van der Waals surface area (Å²) in [6.45, 7) is 2.48. The Morgan fingerprint density at radius 1 is 1.62 bits per heavy atom. The van der Waals surface area contributed by atoms with E-state index in [4.69, 9.17) is 15.5 Å². The van der Waals surface area contributed by atoms with Crippen molar-refractivity contribution in [1.82, 2.24) is 10.3 Å². The molecule has 0 amide bonds. The number of aliphatic hydroxyl groups is 1. The van der Waals surface area contributed by atoms with Gasteiger partial charge in [0.15, 0.2) is 0 Å². The second-order valence-electron chi connectivity index (χ2n) is 3.15. The molecule has 1 aliphatic heterocycles. The summed E-state index contributed by atoms with van der Waals surface area (Å²) < 4.78 is 25.9. The largest absolute Gasteiger partial charge is 0.395 e. The molecule has 0 aromatic heterocycles. The molecule has 1 aliphatic rings. The number of aliphatic hydroxyl groups excluding tert-OH is 1. The van der Waals surface area contributed by atoms with Crippen LogP contribution in [0.3, 0.4) is 0 Å². The fraction of sp³-hybridized carbons (Fsp3) is 0.857. The maximum atomic E-state index is 9.19. The van der Waals surface area contributed by atoms with Gasteiger partial charge in [-0.3, -0.25) is 15.0 Å². The van der Waals surface area contributed by atoms with E-state index in [1.165, 1.54) is 0 Å². The molecule has 1 rings (SSSR count). The summed E-state index contributed by atoms with van der Waals surface area (Å²) in [6.07, 6.45) is 1.75. The number of β-amino-alcohol motifs (C(OH)–C–C–N with tert-alkyl or cyclic N) is 1. The molecule has 0 aromatic carbocycles. The molecular formula is C7H18N4O4S. The minimum absolute atomic E-state index is 0.140. The summed E-state index contributed by atoms with van der Waals surface area (Å²) in [7, 11) is -3.67. The van der Waals surface area contributed by atoms with Crippen molar-refractivity contribution in [1.29, 1.82) is 0 Å². The average molecular weight is 254 g/mol. The maximum Gasteiger partial charge on any atom is 0.261 e. The van der Waals surface area contributed by atoms with Gasteiger partial charge in [-0.15, -0.1) is 0 Å². The smallest absolute Gasteiger partial charge is 0.261 e.